The van der Waals surface area contributed by atoms with Gasteiger partial charge in [0.2, 0.25) is 5.91 Å². The Kier molecular flexibility index (Phi) is 4.49. The van der Waals surface area contributed by atoms with Gasteiger partial charge >= 0.3 is 0 Å². The zero-order valence-electron chi connectivity index (χ0n) is 14.1. The van der Waals surface area contributed by atoms with E-state index in [9.17, 15) is 9.59 Å². The fraction of sp³-hybridized carbons (Fsp3) is 0.200. The first-order valence-electron chi connectivity index (χ1n) is 8.64. The van der Waals surface area contributed by atoms with Crippen molar-refractivity contribution in [1.82, 2.24) is 4.98 Å². The number of para-hydroxylation sites is 1. The highest BCUT2D eigenvalue weighted by Gasteiger charge is 2.42. The van der Waals surface area contributed by atoms with Gasteiger partial charge in [0.05, 0.1) is 18.7 Å². The molecule has 5 nitrogen and oxygen atoms in total. The molecule has 1 atom stereocenters. The first kappa shape index (κ1) is 16.8. The summed E-state index contributed by atoms with van der Waals surface area (Å²) in [4.78, 5) is 29.5. The zero-order chi connectivity index (χ0) is 18.1. The lowest BCUT2D eigenvalue weighted by Crippen LogP contribution is -2.92. The number of benzene rings is 2. The van der Waals surface area contributed by atoms with Gasteiger partial charge in [0.15, 0.2) is 6.04 Å². The smallest absolute Gasteiger partial charge is 0.292 e. The van der Waals surface area contributed by atoms with Crippen molar-refractivity contribution in [3.05, 3.63) is 65.3 Å². The number of quaternary nitrogens is 1. The fourth-order valence-electron chi connectivity index (χ4n) is 3.48. The second-order valence-corrected chi connectivity index (χ2v) is 6.92. The molecule has 1 saturated heterocycles. The normalized spacial score (nSPS) is 17.4. The van der Waals surface area contributed by atoms with Crippen molar-refractivity contribution in [2.45, 2.75) is 18.9 Å². The summed E-state index contributed by atoms with van der Waals surface area (Å²) in [7, 11) is 0. The minimum absolute atomic E-state index is 0.156. The van der Waals surface area contributed by atoms with Crippen LogP contribution < -0.4 is 10.2 Å². The van der Waals surface area contributed by atoms with Gasteiger partial charge in [-0.25, -0.2) is 4.90 Å². The van der Waals surface area contributed by atoms with Crippen molar-refractivity contribution >= 4 is 40.0 Å². The van der Waals surface area contributed by atoms with Crippen molar-refractivity contribution in [3.63, 3.8) is 0 Å². The van der Waals surface area contributed by atoms with Gasteiger partial charge in [-0.15, -0.1) is 0 Å². The summed E-state index contributed by atoms with van der Waals surface area (Å²) in [6, 6.07) is 14.6. The van der Waals surface area contributed by atoms with Crippen molar-refractivity contribution in [2.24, 2.45) is 0 Å². The van der Waals surface area contributed by atoms with Crippen LogP contribution in [-0.2, 0) is 16.0 Å². The lowest BCUT2D eigenvalue weighted by atomic mass is 10.1. The van der Waals surface area contributed by atoms with Crippen LogP contribution >= 0.6 is 11.6 Å². The number of hydrogen-bond acceptors (Lipinski definition) is 2. The maximum atomic E-state index is 12.6. The maximum absolute atomic E-state index is 12.6. The molecule has 1 aliphatic rings. The lowest BCUT2D eigenvalue weighted by molar-refractivity contribution is -0.674. The quantitative estimate of drug-likeness (QED) is 0.678. The molecule has 4 rings (SSSR count). The van der Waals surface area contributed by atoms with Gasteiger partial charge in [-0.1, -0.05) is 29.8 Å². The van der Waals surface area contributed by atoms with E-state index in [4.69, 9.17) is 11.6 Å². The number of nitrogens with zero attached hydrogens (tertiary/aromatic N) is 1. The number of halogens is 1. The topological polar surface area (TPSA) is 69.8 Å². The van der Waals surface area contributed by atoms with Crippen molar-refractivity contribution in [2.75, 3.05) is 11.4 Å². The number of anilines is 1. The summed E-state index contributed by atoms with van der Waals surface area (Å²) >= 11 is 5.88. The molecule has 0 radical (unpaired) electrons. The van der Waals surface area contributed by atoms with Crippen LogP contribution in [0.1, 0.15) is 12.0 Å². The Labute approximate surface area is 155 Å². The Morgan fingerprint density at radius 3 is 2.69 bits per heavy atom. The third-order valence-electron chi connectivity index (χ3n) is 4.81. The third kappa shape index (κ3) is 3.11. The van der Waals surface area contributed by atoms with Crippen molar-refractivity contribution in [1.29, 1.82) is 0 Å². The zero-order valence-corrected chi connectivity index (χ0v) is 14.9. The molecule has 0 spiro atoms. The number of imide groups is 1. The van der Waals surface area contributed by atoms with E-state index in [2.05, 4.69) is 11.1 Å². The van der Waals surface area contributed by atoms with Crippen LogP contribution in [0.5, 0.6) is 0 Å². The fourth-order valence-corrected chi connectivity index (χ4v) is 3.61. The molecule has 1 aliphatic heterocycles. The van der Waals surface area contributed by atoms with Gasteiger partial charge in [0.25, 0.3) is 5.91 Å². The summed E-state index contributed by atoms with van der Waals surface area (Å²) in [6.07, 6.45) is 3.08. The Balaban J connectivity index is 1.40. The van der Waals surface area contributed by atoms with Gasteiger partial charge in [0.1, 0.15) is 0 Å². The summed E-state index contributed by atoms with van der Waals surface area (Å²) < 4.78 is 0. The van der Waals surface area contributed by atoms with Crippen LogP contribution in [0.3, 0.4) is 0 Å². The molecule has 6 heteroatoms. The number of fused-ring (bicyclic) bond motifs is 1. The molecule has 0 unspecified atom stereocenters. The Morgan fingerprint density at radius 1 is 1.12 bits per heavy atom. The number of rotatable bonds is 5. The van der Waals surface area contributed by atoms with Gasteiger partial charge < -0.3 is 10.3 Å². The predicted octanol–water partition coefficient (Wildman–Crippen LogP) is 2.26. The molecule has 0 saturated carbocycles. The first-order valence-corrected chi connectivity index (χ1v) is 9.02. The number of carbonyl (C=O) groups excluding carboxylic acids is 2. The Hall–Kier alpha value is -2.63. The third-order valence-corrected chi connectivity index (χ3v) is 5.06. The molecule has 3 N–H and O–H groups in total. The second-order valence-electron chi connectivity index (χ2n) is 6.49. The summed E-state index contributed by atoms with van der Waals surface area (Å²) in [5, 5.41) is 3.75. The van der Waals surface area contributed by atoms with Gasteiger partial charge in [-0.3, -0.25) is 9.59 Å². The molecule has 26 heavy (non-hydrogen) atoms. The highest BCUT2D eigenvalue weighted by molar-refractivity contribution is 6.30. The van der Waals surface area contributed by atoms with Crippen LogP contribution in [0.4, 0.5) is 5.69 Å². The number of nitrogens with two attached hydrogens (primary N) is 1. The standard InChI is InChI=1S/C20H18ClN3O2/c21-14-5-7-15(8-6-14)24-19(25)11-18(20(24)26)22-10-9-13-12-23-17-4-2-1-3-16(13)17/h1-8,12,18,22-23H,9-11H2/p+1/t18-/m0/s1. The number of hydrogen-bond donors (Lipinski definition) is 2. The molecule has 0 bridgehead atoms. The molecule has 2 heterocycles. The van der Waals surface area contributed by atoms with Crippen LogP contribution in [0.25, 0.3) is 10.9 Å². The molecular weight excluding hydrogens is 350 g/mol. The number of carbonyl (C=O) groups is 2. The van der Waals surface area contributed by atoms with E-state index in [1.807, 2.05) is 29.7 Å². The number of aromatic amines is 1. The lowest BCUT2D eigenvalue weighted by Gasteiger charge is -2.14. The highest BCUT2D eigenvalue weighted by atomic mass is 35.5. The maximum Gasteiger partial charge on any atom is 0.292 e. The van der Waals surface area contributed by atoms with Gasteiger partial charge in [-0.2, -0.15) is 0 Å². The molecule has 132 valence electrons. The number of H-pyrrole nitrogens is 1. The SMILES string of the molecule is O=C1C[C@H]([NH2+]CCc2c[nH]c3ccccc23)C(=O)N1c1ccc(Cl)cc1. The van der Waals surface area contributed by atoms with E-state index >= 15 is 0 Å². The number of aromatic nitrogens is 1. The number of amides is 2. The van der Waals surface area contributed by atoms with Crippen LogP contribution in [-0.4, -0.2) is 29.4 Å². The molecule has 1 fully saturated rings. The second kappa shape index (κ2) is 6.94. The minimum Gasteiger partial charge on any atom is -0.361 e. The first-order chi connectivity index (χ1) is 12.6. The van der Waals surface area contributed by atoms with E-state index in [1.165, 1.54) is 15.8 Å². The summed E-state index contributed by atoms with van der Waals surface area (Å²) in [5.74, 6) is -0.318. The van der Waals surface area contributed by atoms with Gasteiger partial charge in [0, 0.05) is 28.5 Å². The summed E-state index contributed by atoms with van der Waals surface area (Å²) in [6.45, 7) is 0.750. The van der Waals surface area contributed by atoms with Crippen LogP contribution in [0.2, 0.25) is 5.02 Å². The highest BCUT2D eigenvalue weighted by Crippen LogP contribution is 2.23. The molecule has 3 aromatic rings. The van der Waals surface area contributed by atoms with Gasteiger partial charge in [-0.05, 0) is 35.9 Å². The Morgan fingerprint density at radius 2 is 1.88 bits per heavy atom. The van der Waals surface area contributed by atoms with E-state index in [0.29, 0.717) is 10.7 Å². The molecule has 0 aliphatic carbocycles. The van der Waals surface area contributed by atoms with E-state index in [-0.39, 0.29) is 24.3 Å². The predicted molar refractivity (Wildman–Crippen MR) is 101 cm³/mol. The molecule has 1 aromatic heterocycles. The molecule has 2 amide bonds. The number of nitrogens with one attached hydrogen (secondary N) is 1. The van der Waals surface area contributed by atoms with Crippen LogP contribution in [0.15, 0.2) is 54.7 Å². The van der Waals surface area contributed by atoms with Crippen molar-refractivity contribution in [3.8, 4) is 0 Å². The van der Waals surface area contributed by atoms with Crippen molar-refractivity contribution < 1.29 is 14.9 Å². The van der Waals surface area contributed by atoms with Crippen LogP contribution in [0, 0.1) is 0 Å². The van der Waals surface area contributed by atoms with E-state index in [1.54, 1.807) is 24.3 Å². The Bertz CT molecular complexity index is 965. The average Bonchev–Trinajstić information content (AvgIpc) is 3.17. The van der Waals surface area contributed by atoms with E-state index < -0.39 is 0 Å². The molecular formula is C20H19ClN3O2+. The average molecular weight is 369 g/mol. The van der Waals surface area contributed by atoms with E-state index in [0.717, 1.165) is 18.5 Å². The largest absolute Gasteiger partial charge is 0.361 e. The molecule has 2 aromatic carbocycles. The monoisotopic (exact) mass is 368 g/mol. The summed E-state index contributed by atoms with van der Waals surface area (Å²) in [5.41, 5.74) is 2.92. The minimum atomic E-state index is -0.358.